The molecule has 1 aromatic heterocycles. The molecule has 0 saturated carbocycles. The first-order chi connectivity index (χ1) is 12.6. The van der Waals surface area contributed by atoms with Crippen LogP contribution in [0.3, 0.4) is 0 Å². The van der Waals surface area contributed by atoms with Crippen LogP contribution < -0.4 is 0 Å². The zero-order chi connectivity index (χ0) is 18.1. The number of nitrogens with zero attached hydrogens (tertiary/aromatic N) is 4. The van der Waals surface area contributed by atoms with E-state index in [1.54, 1.807) is 0 Å². The lowest BCUT2D eigenvalue weighted by Gasteiger charge is -2.34. The SMILES string of the molecule is Cn1c(CN2CCN(C(=O)c3cccc(Br)c3)CC2)nc2ccccc21. The van der Waals surface area contributed by atoms with Gasteiger partial charge in [0.25, 0.3) is 5.91 Å². The van der Waals surface area contributed by atoms with Crippen molar-refractivity contribution in [3.05, 3.63) is 64.4 Å². The molecule has 0 aliphatic carbocycles. The Morgan fingerprint density at radius 2 is 1.85 bits per heavy atom. The number of imidazole rings is 1. The fourth-order valence-corrected chi connectivity index (χ4v) is 3.85. The van der Waals surface area contributed by atoms with Crippen LogP contribution in [0.15, 0.2) is 53.0 Å². The topological polar surface area (TPSA) is 41.4 Å². The van der Waals surface area contributed by atoms with E-state index in [0.29, 0.717) is 0 Å². The zero-order valence-electron chi connectivity index (χ0n) is 14.7. The molecular formula is C20H21BrN4O. The highest BCUT2D eigenvalue weighted by Crippen LogP contribution is 2.18. The molecule has 0 atom stereocenters. The third-order valence-corrected chi connectivity index (χ3v) is 5.47. The standard InChI is InChI=1S/C20H21BrN4O/c1-23-18-8-3-2-7-17(18)22-19(23)14-24-9-11-25(12-10-24)20(26)15-5-4-6-16(21)13-15/h2-8,13H,9-12,14H2,1H3. The van der Waals surface area contributed by atoms with Gasteiger partial charge < -0.3 is 9.47 Å². The number of fused-ring (bicyclic) bond motifs is 1. The fraction of sp³-hybridized carbons (Fsp3) is 0.300. The number of aryl methyl sites for hydroxylation is 1. The van der Waals surface area contributed by atoms with Crippen molar-refractivity contribution < 1.29 is 4.79 Å². The fourth-order valence-electron chi connectivity index (χ4n) is 3.45. The molecule has 1 aliphatic heterocycles. The van der Waals surface area contributed by atoms with Crippen LogP contribution in [0.1, 0.15) is 16.2 Å². The molecular weight excluding hydrogens is 392 g/mol. The summed E-state index contributed by atoms with van der Waals surface area (Å²) in [5.41, 5.74) is 2.93. The number of amides is 1. The number of rotatable bonds is 3. The first kappa shape index (κ1) is 17.2. The van der Waals surface area contributed by atoms with Crippen molar-refractivity contribution in [1.82, 2.24) is 19.4 Å². The van der Waals surface area contributed by atoms with Crippen molar-refractivity contribution in [1.29, 1.82) is 0 Å². The van der Waals surface area contributed by atoms with Crippen LogP contribution in [0.4, 0.5) is 0 Å². The molecule has 2 heterocycles. The van der Waals surface area contributed by atoms with Gasteiger partial charge in [0.2, 0.25) is 0 Å². The summed E-state index contributed by atoms with van der Waals surface area (Å²) in [5.74, 6) is 1.17. The minimum Gasteiger partial charge on any atom is -0.336 e. The Labute approximate surface area is 161 Å². The summed E-state index contributed by atoms with van der Waals surface area (Å²) in [6.07, 6.45) is 0. The third kappa shape index (κ3) is 3.39. The molecule has 0 bridgehead atoms. The van der Waals surface area contributed by atoms with Crippen LogP contribution in [0.25, 0.3) is 11.0 Å². The maximum atomic E-state index is 12.7. The lowest BCUT2D eigenvalue weighted by Crippen LogP contribution is -2.48. The molecule has 5 nitrogen and oxygen atoms in total. The molecule has 6 heteroatoms. The molecule has 0 radical (unpaired) electrons. The summed E-state index contributed by atoms with van der Waals surface area (Å²) < 4.78 is 3.10. The molecule has 1 fully saturated rings. The Bertz CT molecular complexity index is 944. The summed E-state index contributed by atoms with van der Waals surface area (Å²) in [5, 5.41) is 0. The number of benzene rings is 2. The Balaban J connectivity index is 1.40. The largest absolute Gasteiger partial charge is 0.336 e. The first-order valence-corrected chi connectivity index (χ1v) is 9.58. The maximum absolute atomic E-state index is 12.7. The average molecular weight is 413 g/mol. The molecule has 26 heavy (non-hydrogen) atoms. The number of piperazine rings is 1. The highest BCUT2D eigenvalue weighted by atomic mass is 79.9. The highest BCUT2D eigenvalue weighted by Gasteiger charge is 2.23. The van der Waals surface area contributed by atoms with Crippen molar-refractivity contribution in [2.45, 2.75) is 6.54 Å². The summed E-state index contributed by atoms with van der Waals surface area (Å²) in [6.45, 7) is 4.03. The molecule has 134 valence electrons. The van der Waals surface area contributed by atoms with Crippen LogP contribution in [0.5, 0.6) is 0 Å². The van der Waals surface area contributed by atoms with Gasteiger partial charge in [-0.3, -0.25) is 9.69 Å². The Morgan fingerprint density at radius 1 is 1.08 bits per heavy atom. The van der Waals surface area contributed by atoms with Gasteiger partial charge in [-0.25, -0.2) is 4.98 Å². The number of carbonyl (C=O) groups excluding carboxylic acids is 1. The number of halogens is 1. The van der Waals surface area contributed by atoms with Gasteiger partial charge in [0.1, 0.15) is 5.82 Å². The minimum absolute atomic E-state index is 0.105. The van der Waals surface area contributed by atoms with Gasteiger partial charge in [-0.05, 0) is 30.3 Å². The number of aromatic nitrogens is 2. The Kier molecular flexibility index (Phi) is 4.78. The van der Waals surface area contributed by atoms with E-state index >= 15 is 0 Å². The van der Waals surface area contributed by atoms with Gasteiger partial charge in [-0.2, -0.15) is 0 Å². The number of hydrogen-bond acceptors (Lipinski definition) is 3. The van der Waals surface area contributed by atoms with Crippen molar-refractivity contribution in [2.24, 2.45) is 7.05 Å². The molecule has 1 aliphatic rings. The third-order valence-electron chi connectivity index (χ3n) is 4.98. The molecule has 3 aromatic rings. The monoisotopic (exact) mass is 412 g/mol. The Hall–Kier alpha value is -2.18. The van der Waals surface area contributed by atoms with E-state index in [1.165, 1.54) is 0 Å². The summed E-state index contributed by atoms with van der Waals surface area (Å²) in [4.78, 5) is 21.7. The number of hydrogen-bond donors (Lipinski definition) is 0. The smallest absolute Gasteiger partial charge is 0.253 e. The van der Waals surface area contributed by atoms with E-state index < -0.39 is 0 Å². The lowest BCUT2D eigenvalue weighted by molar-refractivity contribution is 0.0624. The molecule has 2 aromatic carbocycles. The van der Waals surface area contributed by atoms with Gasteiger partial charge >= 0.3 is 0 Å². The van der Waals surface area contributed by atoms with Crippen LogP contribution in [-0.4, -0.2) is 51.4 Å². The van der Waals surface area contributed by atoms with Crippen molar-refractivity contribution in [3.63, 3.8) is 0 Å². The van der Waals surface area contributed by atoms with Crippen LogP contribution in [0, 0.1) is 0 Å². The van der Waals surface area contributed by atoms with Crippen LogP contribution >= 0.6 is 15.9 Å². The van der Waals surface area contributed by atoms with Gasteiger partial charge in [-0.15, -0.1) is 0 Å². The van der Waals surface area contributed by atoms with Gasteiger partial charge in [0, 0.05) is 43.3 Å². The molecule has 1 amide bonds. The number of carbonyl (C=O) groups is 1. The van der Waals surface area contributed by atoms with Gasteiger partial charge in [0.15, 0.2) is 0 Å². The van der Waals surface area contributed by atoms with E-state index in [0.717, 1.165) is 59.6 Å². The van der Waals surface area contributed by atoms with E-state index in [2.05, 4.69) is 38.5 Å². The molecule has 0 unspecified atom stereocenters. The second-order valence-electron chi connectivity index (χ2n) is 6.65. The lowest BCUT2D eigenvalue weighted by atomic mass is 10.2. The predicted octanol–water partition coefficient (Wildman–Crippen LogP) is 3.29. The van der Waals surface area contributed by atoms with Gasteiger partial charge in [-0.1, -0.05) is 34.1 Å². The molecule has 4 rings (SSSR count). The zero-order valence-corrected chi connectivity index (χ0v) is 16.3. The second-order valence-corrected chi connectivity index (χ2v) is 7.57. The normalized spacial score (nSPS) is 15.5. The highest BCUT2D eigenvalue weighted by molar-refractivity contribution is 9.10. The Morgan fingerprint density at radius 3 is 2.58 bits per heavy atom. The average Bonchev–Trinajstić information content (AvgIpc) is 2.98. The van der Waals surface area contributed by atoms with E-state index in [1.807, 2.05) is 47.4 Å². The summed E-state index contributed by atoms with van der Waals surface area (Å²) in [6, 6.07) is 15.8. The second kappa shape index (κ2) is 7.21. The quantitative estimate of drug-likeness (QED) is 0.662. The van der Waals surface area contributed by atoms with Crippen molar-refractivity contribution in [3.8, 4) is 0 Å². The van der Waals surface area contributed by atoms with Gasteiger partial charge in [0.05, 0.1) is 17.6 Å². The summed E-state index contributed by atoms with van der Waals surface area (Å²) >= 11 is 3.43. The maximum Gasteiger partial charge on any atom is 0.253 e. The molecule has 0 N–H and O–H groups in total. The van der Waals surface area contributed by atoms with E-state index in [9.17, 15) is 4.79 Å². The molecule has 0 spiro atoms. The van der Waals surface area contributed by atoms with E-state index in [4.69, 9.17) is 4.98 Å². The van der Waals surface area contributed by atoms with Crippen LogP contribution in [-0.2, 0) is 13.6 Å². The van der Waals surface area contributed by atoms with Crippen molar-refractivity contribution in [2.75, 3.05) is 26.2 Å². The van der Waals surface area contributed by atoms with E-state index in [-0.39, 0.29) is 5.91 Å². The van der Waals surface area contributed by atoms with Crippen LogP contribution in [0.2, 0.25) is 0 Å². The first-order valence-electron chi connectivity index (χ1n) is 8.79. The minimum atomic E-state index is 0.105. The molecule has 1 saturated heterocycles. The van der Waals surface area contributed by atoms with Crippen molar-refractivity contribution >= 4 is 32.9 Å². The summed E-state index contributed by atoms with van der Waals surface area (Å²) in [7, 11) is 2.07. The number of para-hydroxylation sites is 2. The predicted molar refractivity (Wildman–Crippen MR) is 106 cm³/mol.